The summed E-state index contributed by atoms with van der Waals surface area (Å²) in [5, 5.41) is 35.5. The van der Waals surface area contributed by atoms with Crippen molar-refractivity contribution in [2.45, 2.75) is 0 Å². The molecule has 4 N–H and O–H groups in total. The summed E-state index contributed by atoms with van der Waals surface area (Å²) >= 11 is 0. The Labute approximate surface area is 207 Å². The van der Waals surface area contributed by atoms with E-state index in [1.165, 1.54) is 0 Å². The molecule has 15 heteroatoms. The maximum Gasteiger partial charge on any atom is 0.531 e. The topological polar surface area (TPSA) is 173 Å². The third kappa shape index (κ3) is 23.6. The van der Waals surface area contributed by atoms with Gasteiger partial charge in [-0.25, -0.2) is 0 Å². The predicted octanol–water partition coefficient (Wildman–Crippen LogP) is -2.44. The number of rotatable bonds is 30. The smallest absolute Gasteiger partial charge is 0.517 e. The molecule has 0 saturated carbocycles. The summed E-state index contributed by atoms with van der Waals surface area (Å²) in [5.41, 5.74) is 0. The van der Waals surface area contributed by atoms with Gasteiger partial charge in [-0.2, -0.15) is 0 Å². The molecule has 0 aliphatic carbocycles. The summed E-state index contributed by atoms with van der Waals surface area (Å²) in [6.07, 6.45) is 0. The fraction of sp³-hybridized carbons (Fsp3) is 1.00. The molecule has 0 bridgehead atoms. The van der Waals surface area contributed by atoms with Crippen molar-refractivity contribution in [3.63, 3.8) is 0 Å². The summed E-state index contributed by atoms with van der Waals surface area (Å²) in [6.45, 7) is 0.646. The van der Waals surface area contributed by atoms with Crippen molar-refractivity contribution in [3.05, 3.63) is 0 Å². The molecule has 0 aromatic rings. The largest absolute Gasteiger partial charge is 0.531 e. The van der Waals surface area contributed by atoms with E-state index in [2.05, 4.69) is 0 Å². The monoisotopic (exact) mass is 519 g/mol. The average molecular weight is 519 g/mol. The molecule has 0 unspecified atom stereocenters. The molecule has 0 aromatic carbocycles. The van der Waals surface area contributed by atoms with Crippen molar-refractivity contribution in [2.75, 3.05) is 132 Å². The zero-order valence-corrected chi connectivity index (χ0v) is 20.6. The van der Waals surface area contributed by atoms with Crippen LogP contribution in [0.3, 0.4) is 0 Å². The lowest BCUT2D eigenvalue weighted by Crippen LogP contribution is -2.51. The zero-order valence-electron chi connectivity index (χ0n) is 20.6. The molecule has 0 fully saturated rings. The van der Waals surface area contributed by atoms with Crippen LogP contribution in [0.15, 0.2) is 0 Å². The van der Waals surface area contributed by atoms with Gasteiger partial charge in [0.25, 0.3) is 0 Å². The second-order valence-electron chi connectivity index (χ2n) is 6.63. The van der Waals surface area contributed by atoms with Crippen LogP contribution in [0.25, 0.3) is 0 Å². The minimum Gasteiger partial charge on any atom is -0.517 e. The molecule has 212 valence electrons. The van der Waals surface area contributed by atoms with Crippen molar-refractivity contribution >= 4 is 6.96 Å². The number of aliphatic hydroxyl groups excluding tert-OH is 4. The predicted molar refractivity (Wildman–Crippen MR) is 123 cm³/mol. The molecule has 35 heavy (non-hydrogen) atoms. The third-order valence-corrected chi connectivity index (χ3v) is 3.89. The lowest BCUT2D eigenvalue weighted by atomic mass is 10.0. The number of hydrogen-bond acceptors (Lipinski definition) is 14. The minimum absolute atomic E-state index is 0.0225. The van der Waals surface area contributed by atoms with Crippen LogP contribution >= 0.6 is 0 Å². The van der Waals surface area contributed by atoms with E-state index in [0.717, 1.165) is 0 Å². The van der Waals surface area contributed by atoms with Crippen molar-refractivity contribution in [1.82, 2.24) is 0 Å². The van der Waals surface area contributed by atoms with Gasteiger partial charge in [-0.05, 0) is 0 Å². The van der Waals surface area contributed by atoms with Gasteiger partial charge in [0.2, 0.25) is 0 Å². The van der Waals surface area contributed by atoms with Crippen LogP contribution in [0, 0.1) is 0 Å². The second-order valence-corrected chi connectivity index (χ2v) is 6.63. The first-order valence-electron chi connectivity index (χ1n) is 11.8. The standard InChI is InChI=1S/C20H44BO14/c22-1-5-26-9-11-28-13-15-30-17-19-34-21(32-7-3-24,33-8-4-25)35-20-18-31-16-14-29-12-10-27-6-2-23/h22-25H,1-20H2/q-1. The molecule has 0 aromatic heterocycles. The maximum absolute atomic E-state index is 9.12. The van der Waals surface area contributed by atoms with Crippen LogP contribution in [0.1, 0.15) is 0 Å². The fourth-order valence-electron chi connectivity index (χ4n) is 2.40. The average Bonchev–Trinajstić information content (AvgIpc) is 2.87. The first-order valence-corrected chi connectivity index (χ1v) is 11.8. The lowest BCUT2D eigenvalue weighted by molar-refractivity contribution is -0.0668. The molecule has 0 heterocycles. The normalized spacial score (nSPS) is 12.0. The summed E-state index contributed by atoms with van der Waals surface area (Å²) in [6, 6.07) is 0. The van der Waals surface area contributed by atoms with Gasteiger partial charge in [0, 0.05) is 26.4 Å². The van der Waals surface area contributed by atoms with Gasteiger partial charge in [0.15, 0.2) is 0 Å². The van der Waals surface area contributed by atoms with Gasteiger partial charge in [0.1, 0.15) is 0 Å². The fourth-order valence-corrected chi connectivity index (χ4v) is 2.40. The van der Waals surface area contributed by atoms with Crippen molar-refractivity contribution in [1.29, 1.82) is 0 Å². The van der Waals surface area contributed by atoms with Crippen LogP contribution in [0.4, 0.5) is 0 Å². The minimum atomic E-state index is -2.70. The lowest BCUT2D eigenvalue weighted by Gasteiger charge is -2.40. The SMILES string of the molecule is OCCOCCOCCOCCO[B-](OCCO)(OCCO)OCCOCCOCCOCCO. The Morgan fingerprint density at radius 1 is 0.286 bits per heavy atom. The summed E-state index contributed by atoms with van der Waals surface area (Å²) < 4.78 is 53.9. The van der Waals surface area contributed by atoms with Crippen LogP contribution in [-0.4, -0.2) is 160 Å². The number of aliphatic hydroxyl groups is 4. The van der Waals surface area contributed by atoms with Gasteiger partial charge in [-0.1, -0.05) is 0 Å². The Morgan fingerprint density at radius 2 is 0.514 bits per heavy atom. The van der Waals surface area contributed by atoms with Crippen molar-refractivity contribution in [2.24, 2.45) is 0 Å². The van der Waals surface area contributed by atoms with E-state index in [4.69, 9.17) is 67.5 Å². The van der Waals surface area contributed by atoms with Gasteiger partial charge < -0.3 is 67.5 Å². The van der Waals surface area contributed by atoms with E-state index in [1.807, 2.05) is 0 Å². The first-order chi connectivity index (χ1) is 17.2. The van der Waals surface area contributed by atoms with Gasteiger partial charge in [0.05, 0.1) is 106 Å². The highest BCUT2D eigenvalue weighted by molar-refractivity contribution is 6.53. The molecule has 0 radical (unpaired) electrons. The Bertz CT molecular complexity index is 374. The van der Waals surface area contributed by atoms with Gasteiger partial charge in [-0.15, -0.1) is 0 Å². The van der Waals surface area contributed by atoms with Crippen LogP contribution in [0.2, 0.25) is 0 Å². The quantitative estimate of drug-likeness (QED) is 0.0582. The van der Waals surface area contributed by atoms with E-state index in [1.54, 1.807) is 0 Å². The van der Waals surface area contributed by atoms with Gasteiger partial charge in [-0.3, -0.25) is 0 Å². The molecule has 0 atom stereocenters. The molecule has 0 aliphatic rings. The highest BCUT2D eigenvalue weighted by Gasteiger charge is 2.32. The van der Waals surface area contributed by atoms with Crippen LogP contribution < -0.4 is 0 Å². The number of ether oxygens (including phenoxy) is 6. The number of hydrogen-bond donors (Lipinski definition) is 4. The highest BCUT2D eigenvalue weighted by atomic mass is 16.9. The van der Waals surface area contributed by atoms with E-state index < -0.39 is 6.96 Å². The Morgan fingerprint density at radius 3 is 0.800 bits per heavy atom. The Kier molecular flexibility index (Phi) is 27.7. The molecule has 0 saturated heterocycles. The molecule has 0 amide bonds. The van der Waals surface area contributed by atoms with Crippen molar-refractivity contribution < 1.29 is 67.5 Å². The first kappa shape index (κ1) is 34.5. The van der Waals surface area contributed by atoms with E-state index in [0.29, 0.717) is 52.9 Å². The Hall–Kier alpha value is -0.495. The maximum atomic E-state index is 9.12. The van der Waals surface area contributed by atoms with Crippen LogP contribution in [0.5, 0.6) is 0 Å². The molecule has 0 aliphatic heterocycles. The highest BCUT2D eigenvalue weighted by Crippen LogP contribution is 2.12. The van der Waals surface area contributed by atoms with E-state index >= 15 is 0 Å². The molecular weight excluding hydrogens is 475 g/mol. The van der Waals surface area contributed by atoms with E-state index in [9.17, 15) is 0 Å². The summed E-state index contributed by atoms with van der Waals surface area (Å²) in [5.74, 6) is 0. The van der Waals surface area contributed by atoms with Gasteiger partial charge >= 0.3 is 6.96 Å². The molecular formula is C20H44BO14-. The Balaban J connectivity index is 4.10. The molecule has 14 nitrogen and oxygen atoms in total. The van der Waals surface area contributed by atoms with E-state index in [-0.39, 0.29) is 79.3 Å². The van der Waals surface area contributed by atoms with Crippen molar-refractivity contribution in [3.8, 4) is 0 Å². The van der Waals surface area contributed by atoms with Crippen LogP contribution in [-0.2, 0) is 47.0 Å². The summed E-state index contributed by atoms with van der Waals surface area (Å²) in [7, 11) is 0. The molecule has 0 rings (SSSR count). The summed E-state index contributed by atoms with van der Waals surface area (Å²) in [4.78, 5) is 0. The second kappa shape index (κ2) is 28.1. The molecule has 0 spiro atoms. The third-order valence-electron chi connectivity index (χ3n) is 3.89. The zero-order chi connectivity index (χ0) is 25.7.